The van der Waals surface area contributed by atoms with Crippen LogP contribution >= 0.6 is 11.3 Å². The fourth-order valence-electron chi connectivity index (χ4n) is 1.15. The monoisotopic (exact) mass is 228 g/mol. The van der Waals surface area contributed by atoms with E-state index in [4.69, 9.17) is 10.8 Å². The number of hydrogen-bond donors (Lipinski definition) is 2. The van der Waals surface area contributed by atoms with Gasteiger partial charge in [-0.05, 0) is 6.54 Å². The van der Waals surface area contributed by atoms with E-state index >= 15 is 0 Å². The zero-order valence-electron chi connectivity index (χ0n) is 9.20. The SMILES string of the molecule is CC(C)(C)c1nc(CCN)c(C(=O)O)s1. The van der Waals surface area contributed by atoms with E-state index in [-0.39, 0.29) is 5.41 Å². The summed E-state index contributed by atoms with van der Waals surface area (Å²) in [5, 5.41) is 9.85. The van der Waals surface area contributed by atoms with Crippen LogP contribution in [0.1, 0.15) is 41.1 Å². The van der Waals surface area contributed by atoms with Crippen LogP contribution in [0.4, 0.5) is 0 Å². The van der Waals surface area contributed by atoms with Gasteiger partial charge in [0.05, 0.1) is 10.7 Å². The van der Waals surface area contributed by atoms with Gasteiger partial charge in [0, 0.05) is 11.8 Å². The molecule has 0 unspecified atom stereocenters. The summed E-state index contributed by atoms with van der Waals surface area (Å²) >= 11 is 1.25. The smallest absolute Gasteiger partial charge is 0.347 e. The third-order valence-corrected chi connectivity index (χ3v) is 3.43. The Labute approximate surface area is 93.1 Å². The molecule has 0 aromatic carbocycles. The van der Waals surface area contributed by atoms with Gasteiger partial charge in [0.2, 0.25) is 0 Å². The maximum absolute atomic E-state index is 11.0. The molecule has 0 bridgehead atoms. The number of carboxylic acid groups (broad SMARTS) is 1. The number of carboxylic acids is 1. The van der Waals surface area contributed by atoms with Crippen molar-refractivity contribution in [1.29, 1.82) is 0 Å². The molecule has 0 aliphatic heterocycles. The molecule has 1 aromatic heterocycles. The van der Waals surface area contributed by atoms with Gasteiger partial charge in [-0.15, -0.1) is 11.3 Å². The van der Waals surface area contributed by atoms with Gasteiger partial charge in [0.1, 0.15) is 4.88 Å². The van der Waals surface area contributed by atoms with Crippen molar-refractivity contribution < 1.29 is 9.90 Å². The van der Waals surface area contributed by atoms with Crippen LogP contribution in [-0.2, 0) is 11.8 Å². The Morgan fingerprint density at radius 3 is 2.53 bits per heavy atom. The van der Waals surface area contributed by atoms with Gasteiger partial charge in [0.15, 0.2) is 0 Å². The van der Waals surface area contributed by atoms with Crippen LogP contribution in [0.25, 0.3) is 0 Å². The number of carbonyl (C=O) groups is 1. The van der Waals surface area contributed by atoms with Crippen LogP contribution in [0.3, 0.4) is 0 Å². The Morgan fingerprint density at radius 2 is 2.13 bits per heavy atom. The van der Waals surface area contributed by atoms with E-state index in [1.807, 2.05) is 20.8 Å². The third-order valence-electron chi connectivity index (χ3n) is 1.91. The second kappa shape index (κ2) is 4.28. The first-order valence-corrected chi connectivity index (χ1v) is 5.61. The largest absolute Gasteiger partial charge is 0.477 e. The highest BCUT2D eigenvalue weighted by atomic mass is 32.1. The molecule has 1 aromatic rings. The summed E-state index contributed by atoms with van der Waals surface area (Å²) in [6.07, 6.45) is 0.522. The van der Waals surface area contributed by atoms with Gasteiger partial charge in [0.25, 0.3) is 0 Å². The lowest BCUT2D eigenvalue weighted by Gasteiger charge is -2.13. The predicted molar refractivity (Wildman–Crippen MR) is 60.5 cm³/mol. The molecule has 0 saturated carbocycles. The zero-order valence-corrected chi connectivity index (χ0v) is 10.0. The second-order valence-corrected chi connectivity index (χ2v) is 5.39. The maximum atomic E-state index is 11.0. The number of hydrogen-bond acceptors (Lipinski definition) is 4. The highest BCUT2D eigenvalue weighted by molar-refractivity contribution is 7.13. The van der Waals surface area contributed by atoms with Gasteiger partial charge in [-0.1, -0.05) is 20.8 Å². The molecule has 0 aliphatic rings. The number of aromatic carboxylic acids is 1. The van der Waals surface area contributed by atoms with Crippen molar-refractivity contribution in [3.05, 3.63) is 15.6 Å². The number of nitrogens with zero attached hydrogens (tertiary/aromatic N) is 1. The minimum absolute atomic E-state index is 0.109. The molecule has 0 radical (unpaired) electrons. The molecule has 0 aliphatic carbocycles. The molecular weight excluding hydrogens is 212 g/mol. The van der Waals surface area contributed by atoms with Crippen molar-refractivity contribution in [2.75, 3.05) is 6.54 Å². The minimum Gasteiger partial charge on any atom is -0.477 e. The molecule has 84 valence electrons. The Morgan fingerprint density at radius 1 is 1.53 bits per heavy atom. The minimum atomic E-state index is -0.911. The fourth-order valence-corrected chi connectivity index (χ4v) is 2.15. The molecule has 0 fully saturated rings. The highest BCUT2D eigenvalue weighted by Crippen LogP contribution is 2.29. The van der Waals surface area contributed by atoms with E-state index in [0.717, 1.165) is 5.01 Å². The van der Waals surface area contributed by atoms with E-state index < -0.39 is 5.97 Å². The van der Waals surface area contributed by atoms with Crippen molar-refractivity contribution in [3.8, 4) is 0 Å². The van der Waals surface area contributed by atoms with Crippen LogP contribution < -0.4 is 5.73 Å². The van der Waals surface area contributed by atoms with E-state index in [2.05, 4.69) is 4.98 Å². The van der Waals surface area contributed by atoms with Crippen molar-refractivity contribution in [3.63, 3.8) is 0 Å². The van der Waals surface area contributed by atoms with Crippen molar-refractivity contribution >= 4 is 17.3 Å². The first-order valence-electron chi connectivity index (χ1n) is 4.79. The lowest BCUT2D eigenvalue weighted by atomic mass is 9.98. The quantitative estimate of drug-likeness (QED) is 0.824. The van der Waals surface area contributed by atoms with E-state index in [0.29, 0.717) is 23.5 Å². The van der Waals surface area contributed by atoms with Gasteiger partial charge in [-0.25, -0.2) is 9.78 Å². The number of thiazole rings is 1. The highest BCUT2D eigenvalue weighted by Gasteiger charge is 2.23. The average Bonchev–Trinajstić information content (AvgIpc) is 2.48. The normalized spacial score (nSPS) is 11.7. The summed E-state index contributed by atoms with van der Waals surface area (Å²) in [5.41, 5.74) is 5.92. The van der Waals surface area contributed by atoms with E-state index in [9.17, 15) is 4.79 Å². The molecule has 1 rings (SSSR count). The Hall–Kier alpha value is -0.940. The lowest BCUT2D eigenvalue weighted by Crippen LogP contribution is -2.11. The number of aromatic nitrogens is 1. The summed E-state index contributed by atoms with van der Waals surface area (Å²) in [6.45, 7) is 6.48. The van der Waals surface area contributed by atoms with Crippen LogP contribution in [-0.4, -0.2) is 22.6 Å². The topological polar surface area (TPSA) is 76.2 Å². The molecule has 5 heteroatoms. The first-order chi connectivity index (χ1) is 6.86. The molecule has 0 spiro atoms. The van der Waals surface area contributed by atoms with E-state index in [1.165, 1.54) is 11.3 Å². The zero-order chi connectivity index (χ0) is 11.6. The van der Waals surface area contributed by atoms with Gasteiger partial charge >= 0.3 is 5.97 Å². The Bertz CT molecular complexity index is 366. The molecule has 4 nitrogen and oxygen atoms in total. The van der Waals surface area contributed by atoms with Crippen LogP contribution in [0.2, 0.25) is 0 Å². The summed E-state index contributed by atoms with van der Waals surface area (Å²) in [5.74, 6) is -0.911. The first kappa shape index (κ1) is 12.1. The van der Waals surface area contributed by atoms with Crippen LogP contribution in [0.5, 0.6) is 0 Å². The average molecular weight is 228 g/mol. The van der Waals surface area contributed by atoms with Crippen molar-refractivity contribution in [2.45, 2.75) is 32.6 Å². The second-order valence-electron chi connectivity index (χ2n) is 4.39. The standard InChI is InChI=1S/C10H16N2O2S/c1-10(2,3)9-12-6(4-5-11)7(15-9)8(13)14/h4-5,11H2,1-3H3,(H,13,14). The molecule has 0 atom stereocenters. The Balaban J connectivity index is 3.15. The molecule has 0 amide bonds. The summed E-state index contributed by atoms with van der Waals surface area (Å²) in [4.78, 5) is 15.6. The molecule has 1 heterocycles. The Kier molecular flexibility index (Phi) is 3.46. The third kappa shape index (κ3) is 2.76. The van der Waals surface area contributed by atoms with Gasteiger partial charge in [-0.2, -0.15) is 0 Å². The van der Waals surface area contributed by atoms with Crippen molar-refractivity contribution in [2.24, 2.45) is 5.73 Å². The van der Waals surface area contributed by atoms with Gasteiger partial charge in [-0.3, -0.25) is 0 Å². The number of nitrogens with two attached hydrogens (primary N) is 1. The van der Waals surface area contributed by atoms with E-state index in [1.54, 1.807) is 0 Å². The molecule has 3 N–H and O–H groups in total. The maximum Gasteiger partial charge on any atom is 0.347 e. The molecular formula is C10H16N2O2S. The predicted octanol–water partition coefficient (Wildman–Crippen LogP) is 1.64. The summed E-state index contributed by atoms with van der Waals surface area (Å²) in [6, 6.07) is 0. The summed E-state index contributed by atoms with van der Waals surface area (Å²) < 4.78 is 0. The molecule has 0 saturated heterocycles. The van der Waals surface area contributed by atoms with Crippen LogP contribution in [0, 0.1) is 0 Å². The molecule has 15 heavy (non-hydrogen) atoms. The fraction of sp³-hybridized carbons (Fsp3) is 0.600. The number of rotatable bonds is 3. The van der Waals surface area contributed by atoms with Crippen molar-refractivity contribution in [1.82, 2.24) is 4.98 Å². The lowest BCUT2D eigenvalue weighted by molar-refractivity contribution is 0.0701. The van der Waals surface area contributed by atoms with Gasteiger partial charge < -0.3 is 10.8 Å². The van der Waals surface area contributed by atoms with Crippen LogP contribution in [0.15, 0.2) is 0 Å². The summed E-state index contributed by atoms with van der Waals surface area (Å²) in [7, 11) is 0.